The van der Waals surface area contributed by atoms with E-state index in [4.69, 9.17) is 0 Å². The van der Waals surface area contributed by atoms with Crippen LogP contribution in [0.2, 0.25) is 0 Å². The molecule has 7 unspecified atom stereocenters. The van der Waals surface area contributed by atoms with Crippen LogP contribution in [0.4, 0.5) is 4.39 Å². The first-order chi connectivity index (χ1) is 21.3. The topological polar surface area (TPSA) is 69.6 Å². The van der Waals surface area contributed by atoms with Crippen LogP contribution in [0.25, 0.3) is 5.57 Å². The molecule has 1 aromatic carbocycles. The van der Waals surface area contributed by atoms with E-state index in [2.05, 4.69) is 50.9 Å². The number of nitrogens with zero attached hydrogens (tertiary/aromatic N) is 1. The average molecular weight is 619 g/mol. The molecule has 0 aromatic heterocycles. The van der Waals surface area contributed by atoms with Gasteiger partial charge in [0.25, 0.3) is 0 Å². The van der Waals surface area contributed by atoms with E-state index in [-0.39, 0.29) is 27.3 Å². The lowest BCUT2D eigenvalue weighted by Gasteiger charge is -2.72. The number of carboxylic acid groups (broad SMARTS) is 1. The third-order valence-electron chi connectivity index (χ3n) is 15.5. The van der Waals surface area contributed by atoms with Crippen LogP contribution in [-0.2, 0) is 4.79 Å². The lowest BCUT2D eigenvalue weighted by atomic mass is 9.33. The molecule has 6 aliphatic rings. The van der Waals surface area contributed by atoms with Gasteiger partial charge in [0.15, 0.2) is 0 Å². The van der Waals surface area contributed by atoms with Crippen molar-refractivity contribution in [3.05, 3.63) is 41.2 Å². The van der Waals surface area contributed by atoms with E-state index < -0.39 is 11.8 Å². The minimum atomic E-state index is -1.22. The van der Waals surface area contributed by atoms with E-state index in [1.807, 2.05) is 6.07 Å². The largest absolute Gasteiger partial charge is 0.478 e. The van der Waals surface area contributed by atoms with E-state index in [1.165, 1.54) is 75.5 Å². The quantitative estimate of drug-likeness (QED) is 0.336. The number of halogens is 1. The molecule has 1 amide bonds. The standard InChI is InChI=1S/C39H55FN2O3/c1-35(2)27(25-10-11-26(34(44)45)30(40)24-25)14-17-36(3)31(35)15-18-38(5)32(36)13-12-28-29-8-6-16-39(29,20-19-37(28,38)4)41-21-23-42-22-7-9-33(42)43/h10-11,14,24,28-29,31-32,41H,6-9,12-13,15-23H2,1-5H3,(H,44,45)/t28?,29?,31?,32?,36?,37-,38?,39?/m1/s1. The second-order valence-electron chi connectivity index (χ2n) is 17.3. The van der Waals surface area contributed by atoms with Crippen LogP contribution in [0.1, 0.15) is 128 Å². The summed E-state index contributed by atoms with van der Waals surface area (Å²) in [5.74, 6) is 1.09. The number of fused-ring (bicyclic) bond motifs is 7. The molecular weight excluding hydrogens is 563 g/mol. The lowest BCUT2D eigenvalue weighted by Crippen LogP contribution is -2.67. The van der Waals surface area contributed by atoms with Crippen molar-refractivity contribution in [3.8, 4) is 0 Å². The lowest BCUT2D eigenvalue weighted by molar-refractivity contribution is -0.217. The first-order valence-corrected chi connectivity index (χ1v) is 18.0. The molecule has 246 valence electrons. The van der Waals surface area contributed by atoms with Gasteiger partial charge >= 0.3 is 5.97 Å². The summed E-state index contributed by atoms with van der Waals surface area (Å²) in [6.07, 6.45) is 16.7. The minimum absolute atomic E-state index is 0.128. The second-order valence-corrected chi connectivity index (χ2v) is 17.3. The number of amides is 1. The van der Waals surface area contributed by atoms with Crippen LogP contribution in [-0.4, -0.2) is 47.1 Å². The fraction of sp³-hybridized carbons (Fsp3) is 0.744. The minimum Gasteiger partial charge on any atom is -0.478 e. The fourth-order valence-electron chi connectivity index (χ4n) is 13.2. The molecule has 0 bridgehead atoms. The highest BCUT2D eigenvalue weighted by molar-refractivity contribution is 5.88. The summed E-state index contributed by atoms with van der Waals surface area (Å²) in [5, 5.41) is 13.5. The van der Waals surface area contributed by atoms with Gasteiger partial charge in [0.1, 0.15) is 5.82 Å². The zero-order chi connectivity index (χ0) is 32.0. The molecule has 5 fully saturated rings. The van der Waals surface area contributed by atoms with Gasteiger partial charge in [-0.05, 0) is 133 Å². The number of carboxylic acids is 1. The number of carbonyl (C=O) groups excluding carboxylic acids is 1. The van der Waals surface area contributed by atoms with Crippen LogP contribution in [0, 0.1) is 51.1 Å². The number of benzene rings is 1. The SMILES string of the molecule is CC1(C)C(c2ccc(C(=O)O)c(F)c2)=CCC2(C)C1CCC1(C)C2CCC2C3CCCC3(NCCN3CCCC3=O)CC[C@]21C. The molecule has 8 atom stereocenters. The normalized spacial score (nSPS) is 42.0. The van der Waals surface area contributed by atoms with Gasteiger partial charge in [-0.15, -0.1) is 0 Å². The number of hydrogen-bond acceptors (Lipinski definition) is 3. The van der Waals surface area contributed by atoms with Crippen molar-refractivity contribution in [2.75, 3.05) is 19.6 Å². The van der Waals surface area contributed by atoms with E-state index in [0.717, 1.165) is 56.3 Å². The summed E-state index contributed by atoms with van der Waals surface area (Å²) in [4.78, 5) is 25.8. The first-order valence-electron chi connectivity index (χ1n) is 18.0. The van der Waals surface area contributed by atoms with Crippen LogP contribution in [0.3, 0.4) is 0 Å². The van der Waals surface area contributed by atoms with Crippen molar-refractivity contribution in [1.82, 2.24) is 10.2 Å². The van der Waals surface area contributed by atoms with Gasteiger partial charge in [-0.2, -0.15) is 0 Å². The van der Waals surface area contributed by atoms with Gasteiger partial charge in [0, 0.05) is 31.6 Å². The van der Waals surface area contributed by atoms with Gasteiger partial charge in [0.2, 0.25) is 5.91 Å². The predicted molar refractivity (Wildman–Crippen MR) is 176 cm³/mol. The first kappa shape index (κ1) is 31.4. The molecule has 1 aliphatic heterocycles. The summed E-state index contributed by atoms with van der Waals surface area (Å²) in [6.45, 7) is 15.4. The van der Waals surface area contributed by atoms with Crippen LogP contribution < -0.4 is 5.32 Å². The third kappa shape index (κ3) is 4.46. The number of nitrogens with one attached hydrogen (secondary N) is 1. The summed E-state index contributed by atoms with van der Waals surface area (Å²) < 4.78 is 14.8. The Hall–Kier alpha value is -2.21. The van der Waals surface area contributed by atoms with Crippen molar-refractivity contribution < 1.29 is 19.1 Å². The molecule has 5 aliphatic carbocycles. The maximum atomic E-state index is 14.8. The molecule has 0 radical (unpaired) electrons. The van der Waals surface area contributed by atoms with Gasteiger partial charge in [-0.1, -0.05) is 53.2 Å². The summed E-state index contributed by atoms with van der Waals surface area (Å²) in [7, 11) is 0. The molecule has 5 nitrogen and oxygen atoms in total. The molecule has 0 spiro atoms. The Morgan fingerprint density at radius 2 is 1.76 bits per heavy atom. The highest BCUT2D eigenvalue weighted by Gasteiger charge is 2.69. The summed E-state index contributed by atoms with van der Waals surface area (Å²) in [6, 6.07) is 4.70. The monoisotopic (exact) mass is 618 g/mol. The van der Waals surface area contributed by atoms with E-state index >= 15 is 0 Å². The van der Waals surface area contributed by atoms with Crippen molar-refractivity contribution in [3.63, 3.8) is 0 Å². The number of likely N-dealkylation sites (tertiary alicyclic amines) is 1. The molecule has 45 heavy (non-hydrogen) atoms. The zero-order valence-electron chi connectivity index (χ0n) is 28.3. The molecule has 6 heteroatoms. The number of carbonyl (C=O) groups is 2. The Morgan fingerprint density at radius 3 is 2.47 bits per heavy atom. The zero-order valence-corrected chi connectivity index (χ0v) is 28.3. The second kappa shape index (κ2) is 10.7. The molecule has 7 rings (SSSR count). The van der Waals surface area contributed by atoms with E-state index in [1.54, 1.807) is 0 Å². The van der Waals surface area contributed by atoms with Crippen molar-refractivity contribution in [2.24, 2.45) is 45.3 Å². The highest BCUT2D eigenvalue weighted by atomic mass is 19.1. The number of aromatic carboxylic acids is 1. The Morgan fingerprint density at radius 1 is 0.956 bits per heavy atom. The maximum Gasteiger partial charge on any atom is 0.338 e. The number of allylic oxidation sites excluding steroid dienone is 2. The van der Waals surface area contributed by atoms with Crippen LogP contribution in [0.5, 0.6) is 0 Å². The van der Waals surface area contributed by atoms with Gasteiger partial charge in [0.05, 0.1) is 5.56 Å². The fourth-order valence-corrected chi connectivity index (χ4v) is 13.2. The predicted octanol–water partition coefficient (Wildman–Crippen LogP) is 8.34. The smallest absolute Gasteiger partial charge is 0.338 e. The van der Waals surface area contributed by atoms with Gasteiger partial charge < -0.3 is 15.3 Å². The van der Waals surface area contributed by atoms with Crippen LogP contribution >= 0.6 is 0 Å². The van der Waals surface area contributed by atoms with E-state index in [0.29, 0.717) is 23.2 Å². The molecule has 4 saturated carbocycles. The molecule has 2 N–H and O–H groups in total. The Balaban J connectivity index is 1.14. The van der Waals surface area contributed by atoms with Crippen LogP contribution in [0.15, 0.2) is 24.3 Å². The highest BCUT2D eigenvalue weighted by Crippen LogP contribution is 2.76. The van der Waals surface area contributed by atoms with E-state index in [9.17, 15) is 19.1 Å². The summed E-state index contributed by atoms with van der Waals surface area (Å²) >= 11 is 0. The molecular formula is C39H55FN2O3. The third-order valence-corrected chi connectivity index (χ3v) is 15.5. The maximum absolute atomic E-state index is 14.8. The Kier molecular flexibility index (Phi) is 7.43. The number of rotatable bonds is 6. The average Bonchev–Trinajstić information content (AvgIpc) is 3.59. The molecule has 1 saturated heterocycles. The van der Waals surface area contributed by atoms with Gasteiger partial charge in [-0.25, -0.2) is 9.18 Å². The van der Waals surface area contributed by atoms with Crippen molar-refractivity contribution >= 4 is 17.4 Å². The molecule has 1 aromatic rings. The van der Waals surface area contributed by atoms with Crippen molar-refractivity contribution in [2.45, 2.75) is 117 Å². The Bertz CT molecular complexity index is 1420. The summed E-state index contributed by atoms with van der Waals surface area (Å²) in [5.41, 5.74) is 2.65. The van der Waals surface area contributed by atoms with Gasteiger partial charge in [-0.3, -0.25) is 4.79 Å². The van der Waals surface area contributed by atoms with Crippen molar-refractivity contribution in [1.29, 1.82) is 0 Å². The molecule has 1 heterocycles. The number of hydrogen-bond donors (Lipinski definition) is 2. The Labute approximate surface area is 269 Å².